The van der Waals surface area contributed by atoms with E-state index in [4.69, 9.17) is 4.74 Å². The fourth-order valence-corrected chi connectivity index (χ4v) is 3.45. The van der Waals surface area contributed by atoms with Crippen LogP contribution in [0.2, 0.25) is 0 Å². The number of alkyl halides is 3. The minimum absolute atomic E-state index is 0.281. The Labute approximate surface area is 140 Å². The van der Waals surface area contributed by atoms with Gasteiger partial charge < -0.3 is 15.0 Å². The van der Waals surface area contributed by atoms with Gasteiger partial charge in [-0.3, -0.25) is 0 Å². The highest BCUT2D eigenvalue weighted by Gasteiger charge is 2.36. The first-order valence-corrected chi connectivity index (χ1v) is 8.71. The second-order valence-corrected chi connectivity index (χ2v) is 6.54. The van der Waals surface area contributed by atoms with Crippen LogP contribution in [0.1, 0.15) is 37.7 Å². The molecule has 0 unspecified atom stereocenters. The molecule has 0 amide bonds. The largest absolute Gasteiger partial charge is 0.477 e. The smallest absolute Gasteiger partial charge is 0.421 e. The number of nitrogens with zero attached hydrogens (tertiary/aromatic N) is 2. The molecule has 134 valence electrons. The van der Waals surface area contributed by atoms with Crippen molar-refractivity contribution >= 4 is 5.82 Å². The Morgan fingerprint density at radius 1 is 1.17 bits per heavy atom. The first-order chi connectivity index (χ1) is 11.5. The molecule has 0 radical (unpaired) electrons. The van der Waals surface area contributed by atoms with Crippen molar-refractivity contribution in [1.82, 2.24) is 10.3 Å². The van der Waals surface area contributed by atoms with Crippen LogP contribution >= 0.6 is 0 Å². The number of pyridine rings is 1. The molecule has 0 spiro atoms. The molecule has 2 aliphatic rings. The molecule has 3 rings (SSSR count). The van der Waals surface area contributed by atoms with Crippen LogP contribution in [0.15, 0.2) is 12.1 Å². The average molecular weight is 343 g/mol. The van der Waals surface area contributed by atoms with E-state index < -0.39 is 11.7 Å². The summed E-state index contributed by atoms with van der Waals surface area (Å²) in [7, 11) is 0. The van der Waals surface area contributed by atoms with Crippen LogP contribution < -0.4 is 15.0 Å². The zero-order valence-corrected chi connectivity index (χ0v) is 13.7. The van der Waals surface area contributed by atoms with Crippen molar-refractivity contribution in [2.45, 2.75) is 38.3 Å². The molecular weight excluding hydrogens is 319 g/mol. The van der Waals surface area contributed by atoms with Crippen LogP contribution in [-0.4, -0.2) is 37.8 Å². The SMILES string of the molecule is FC(F)(F)c1ccc(N2CCNCC2)nc1OCCC1CCCC1. The molecule has 7 heteroatoms. The van der Waals surface area contributed by atoms with E-state index in [2.05, 4.69) is 10.3 Å². The molecule has 2 fully saturated rings. The lowest BCUT2D eigenvalue weighted by Gasteiger charge is -2.29. The molecule has 1 saturated heterocycles. The summed E-state index contributed by atoms with van der Waals surface area (Å²) in [6, 6.07) is 2.53. The second-order valence-electron chi connectivity index (χ2n) is 6.54. The fourth-order valence-electron chi connectivity index (χ4n) is 3.45. The van der Waals surface area contributed by atoms with Crippen LogP contribution in [0.5, 0.6) is 5.88 Å². The summed E-state index contributed by atoms with van der Waals surface area (Å²) < 4.78 is 45.1. The summed E-state index contributed by atoms with van der Waals surface area (Å²) in [5, 5.41) is 3.22. The van der Waals surface area contributed by atoms with Crippen LogP contribution in [-0.2, 0) is 6.18 Å². The Morgan fingerprint density at radius 3 is 2.54 bits per heavy atom. The van der Waals surface area contributed by atoms with Crippen molar-refractivity contribution in [2.24, 2.45) is 5.92 Å². The average Bonchev–Trinajstić information content (AvgIpc) is 3.08. The van der Waals surface area contributed by atoms with Gasteiger partial charge in [0.25, 0.3) is 0 Å². The van der Waals surface area contributed by atoms with E-state index in [0.29, 0.717) is 18.3 Å². The molecule has 1 saturated carbocycles. The third-order valence-corrected chi connectivity index (χ3v) is 4.83. The normalized spacial score (nSPS) is 19.7. The molecule has 0 bridgehead atoms. The molecule has 1 aliphatic carbocycles. The maximum absolute atomic E-state index is 13.2. The second kappa shape index (κ2) is 7.59. The van der Waals surface area contributed by atoms with Gasteiger partial charge in [0.1, 0.15) is 11.4 Å². The van der Waals surface area contributed by atoms with Crippen molar-refractivity contribution in [2.75, 3.05) is 37.7 Å². The van der Waals surface area contributed by atoms with Crippen LogP contribution in [0.4, 0.5) is 19.0 Å². The third kappa shape index (κ3) is 4.32. The summed E-state index contributed by atoms with van der Waals surface area (Å²) in [4.78, 5) is 6.17. The first-order valence-electron chi connectivity index (χ1n) is 8.71. The van der Waals surface area contributed by atoms with Crippen molar-refractivity contribution < 1.29 is 17.9 Å². The summed E-state index contributed by atoms with van der Waals surface area (Å²) >= 11 is 0. The number of halogens is 3. The van der Waals surface area contributed by atoms with Crippen molar-refractivity contribution in [3.05, 3.63) is 17.7 Å². The van der Waals surface area contributed by atoms with Gasteiger partial charge in [-0.05, 0) is 24.5 Å². The minimum atomic E-state index is -4.45. The standard InChI is InChI=1S/C17H24F3N3O/c18-17(19,20)14-5-6-15(23-10-8-21-9-11-23)22-16(14)24-12-7-13-3-1-2-4-13/h5-6,13,21H,1-4,7-12H2. The number of aromatic nitrogens is 1. The quantitative estimate of drug-likeness (QED) is 0.888. The Morgan fingerprint density at radius 2 is 1.88 bits per heavy atom. The Balaban J connectivity index is 1.71. The van der Waals surface area contributed by atoms with Crippen molar-refractivity contribution in [3.63, 3.8) is 0 Å². The van der Waals surface area contributed by atoms with Gasteiger partial charge in [0.15, 0.2) is 0 Å². The predicted molar refractivity (Wildman–Crippen MR) is 86.4 cm³/mol. The number of nitrogens with one attached hydrogen (secondary N) is 1. The van der Waals surface area contributed by atoms with Gasteiger partial charge in [-0.25, -0.2) is 0 Å². The lowest BCUT2D eigenvalue weighted by Crippen LogP contribution is -2.43. The highest BCUT2D eigenvalue weighted by atomic mass is 19.4. The predicted octanol–water partition coefficient (Wildman–Crippen LogP) is 3.47. The van der Waals surface area contributed by atoms with Crippen molar-refractivity contribution in [3.8, 4) is 5.88 Å². The highest BCUT2D eigenvalue weighted by Crippen LogP contribution is 2.37. The van der Waals surface area contributed by atoms with E-state index in [1.54, 1.807) is 0 Å². The monoisotopic (exact) mass is 343 g/mol. The summed E-state index contributed by atoms with van der Waals surface area (Å²) in [6.07, 6.45) is 1.10. The van der Waals surface area contributed by atoms with E-state index >= 15 is 0 Å². The maximum Gasteiger partial charge on any atom is 0.421 e. The zero-order valence-electron chi connectivity index (χ0n) is 13.7. The maximum atomic E-state index is 13.2. The van der Waals surface area contributed by atoms with E-state index in [-0.39, 0.29) is 5.88 Å². The van der Waals surface area contributed by atoms with Gasteiger partial charge in [0, 0.05) is 26.2 Å². The van der Waals surface area contributed by atoms with Gasteiger partial charge in [0.05, 0.1) is 6.61 Å². The number of hydrogen-bond acceptors (Lipinski definition) is 4. The third-order valence-electron chi connectivity index (χ3n) is 4.83. The number of piperazine rings is 1. The Hall–Kier alpha value is -1.50. The molecule has 1 aromatic rings. The van der Waals surface area contributed by atoms with Crippen LogP contribution in [0.3, 0.4) is 0 Å². The molecule has 1 aromatic heterocycles. The van der Waals surface area contributed by atoms with Gasteiger partial charge in [-0.2, -0.15) is 18.2 Å². The van der Waals surface area contributed by atoms with E-state index in [1.807, 2.05) is 4.90 Å². The molecule has 4 nitrogen and oxygen atoms in total. The number of rotatable bonds is 5. The summed E-state index contributed by atoms with van der Waals surface area (Å²) in [5.41, 5.74) is -0.784. The topological polar surface area (TPSA) is 37.4 Å². The van der Waals surface area contributed by atoms with E-state index in [0.717, 1.165) is 51.5 Å². The van der Waals surface area contributed by atoms with Crippen LogP contribution in [0.25, 0.3) is 0 Å². The number of ether oxygens (including phenoxy) is 1. The molecule has 0 atom stereocenters. The lowest BCUT2D eigenvalue weighted by molar-refractivity contribution is -0.139. The molecule has 1 aliphatic heterocycles. The number of hydrogen-bond donors (Lipinski definition) is 1. The van der Waals surface area contributed by atoms with Gasteiger partial charge in [-0.15, -0.1) is 0 Å². The zero-order chi connectivity index (χ0) is 17.0. The Kier molecular flexibility index (Phi) is 5.48. The van der Waals surface area contributed by atoms with Crippen LogP contribution in [0, 0.1) is 5.92 Å². The van der Waals surface area contributed by atoms with Crippen molar-refractivity contribution in [1.29, 1.82) is 0 Å². The lowest BCUT2D eigenvalue weighted by atomic mass is 10.1. The molecule has 2 heterocycles. The van der Waals surface area contributed by atoms with Gasteiger partial charge >= 0.3 is 6.18 Å². The molecule has 0 aromatic carbocycles. The molecule has 24 heavy (non-hydrogen) atoms. The van der Waals surface area contributed by atoms with Gasteiger partial charge in [-0.1, -0.05) is 25.7 Å². The fraction of sp³-hybridized carbons (Fsp3) is 0.706. The summed E-state index contributed by atoms with van der Waals surface area (Å²) in [5.74, 6) is 0.854. The van der Waals surface area contributed by atoms with Gasteiger partial charge in [0.2, 0.25) is 5.88 Å². The molecule has 1 N–H and O–H groups in total. The Bertz CT molecular complexity index is 538. The van der Waals surface area contributed by atoms with E-state index in [1.165, 1.54) is 18.9 Å². The minimum Gasteiger partial charge on any atom is -0.477 e. The molecular formula is C17H24F3N3O. The first kappa shape index (κ1) is 17.3. The number of anilines is 1. The summed E-state index contributed by atoms with van der Waals surface area (Å²) in [6.45, 7) is 3.38. The highest BCUT2D eigenvalue weighted by molar-refractivity contribution is 5.45. The van der Waals surface area contributed by atoms with E-state index in [9.17, 15) is 13.2 Å².